The molecule has 10 rings (SSSR count). The fourth-order valence-corrected chi connectivity index (χ4v) is 11.3. The minimum Gasteiger partial charge on any atom is -0.396 e. The summed E-state index contributed by atoms with van der Waals surface area (Å²) in [5, 5.41) is 37.7. The van der Waals surface area contributed by atoms with Crippen LogP contribution >= 0.6 is 22.7 Å². The molecule has 4 aromatic heterocycles. The SMILES string of the molecule is Cc1nc(C#N)nc(N[C@@H]2C[C@H](CO)[C@H]3OC(C)(C)O[C@H]32)c1-c1nc2ccccc2s1.Cc1nc(C(N)=O)nc(N[C@@H]2C[C@H](CO)[C@H]3OC(C)(C)O[C@H]32)c1-c1nc2ccccc2s1. The Balaban J connectivity index is 0.000000160. The van der Waals surface area contributed by atoms with E-state index in [0.717, 1.165) is 41.6 Å². The minimum absolute atomic E-state index is 0.00114. The van der Waals surface area contributed by atoms with E-state index >= 15 is 0 Å². The molecule has 2 saturated heterocycles. The van der Waals surface area contributed by atoms with Crippen molar-refractivity contribution in [1.82, 2.24) is 29.9 Å². The van der Waals surface area contributed by atoms with E-state index < -0.39 is 17.5 Å². The predicted molar refractivity (Wildman–Crippen MR) is 237 cm³/mol. The first-order chi connectivity index (χ1) is 30.1. The van der Waals surface area contributed by atoms with E-state index in [1.807, 2.05) is 96.1 Å². The molecule has 0 spiro atoms. The molecule has 6 aromatic rings. The van der Waals surface area contributed by atoms with Crippen molar-refractivity contribution >= 4 is 60.6 Å². The fourth-order valence-electron chi connectivity index (χ4n) is 9.15. The number of hydrogen-bond acceptors (Lipinski definition) is 18. The van der Waals surface area contributed by atoms with Crippen LogP contribution in [-0.4, -0.2) is 107 Å². The number of nitriles is 1. The summed E-state index contributed by atoms with van der Waals surface area (Å²) >= 11 is 3.10. The molecule has 6 heterocycles. The second-order valence-electron chi connectivity index (χ2n) is 17.1. The quantitative estimate of drug-likeness (QED) is 0.117. The van der Waals surface area contributed by atoms with Gasteiger partial charge in [-0.2, -0.15) is 5.26 Å². The average molecular weight is 893 g/mol. The van der Waals surface area contributed by atoms with Crippen molar-refractivity contribution in [1.29, 1.82) is 5.26 Å². The molecular weight excluding hydrogens is 845 g/mol. The number of nitrogens with two attached hydrogens (primary N) is 1. The summed E-state index contributed by atoms with van der Waals surface area (Å²) in [5.41, 5.74) is 10.1. The average Bonchev–Trinajstić information content (AvgIpc) is 4.09. The van der Waals surface area contributed by atoms with Crippen molar-refractivity contribution < 1.29 is 34.0 Å². The summed E-state index contributed by atoms with van der Waals surface area (Å²) in [6, 6.07) is 17.6. The van der Waals surface area contributed by atoms with Crippen molar-refractivity contribution in [3.05, 3.63) is 71.6 Å². The Morgan fingerprint density at radius 1 is 0.714 bits per heavy atom. The number of aliphatic hydroxyl groups excluding tert-OH is 2. The van der Waals surface area contributed by atoms with Crippen LogP contribution in [0.4, 0.5) is 11.6 Å². The predicted octanol–water partition coefficient (Wildman–Crippen LogP) is 5.72. The number of fused-ring (bicyclic) bond motifs is 4. The maximum absolute atomic E-state index is 11.9. The highest BCUT2D eigenvalue weighted by molar-refractivity contribution is 7.22. The van der Waals surface area contributed by atoms with E-state index in [4.69, 9.17) is 34.6 Å². The summed E-state index contributed by atoms with van der Waals surface area (Å²) in [6.45, 7) is 11.2. The highest BCUT2D eigenvalue weighted by Crippen LogP contribution is 2.46. The van der Waals surface area contributed by atoms with Gasteiger partial charge in [0.25, 0.3) is 5.91 Å². The molecule has 0 bridgehead atoms. The van der Waals surface area contributed by atoms with Crippen molar-refractivity contribution in [2.45, 2.75) is 102 Å². The van der Waals surface area contributed by atoms with E-state index in [1.165, 1.54) is 11.3 Å². The van der Waals surface area contributed by atoms with Crippen molar-refractivity contribution in [2.75, 3.05) is 23.8 Å². The Hall–Kier alpha value is -5.30. The number of carbonyl (C=O) groups is 1. The summed E-state index contributed by atoms with van der Waals surface area (Å²) < 4.78 is 26.5. The minimum atomic E-state index is -0.737. The number of para-hydroxylation sites is 2. The first-order valence-corrected chi connectivity index (χ1v) is 22.4. The van der Waals surface area contributed by atoms with E-state index in [-0.39, 0.29) is 73.2 Å². The summed E-state index contributed by atoms with van der Waals surface area (Å²) in [6.07, 6.45) is 0.398. The molecular formula is C44H48N10O7S2. The molecule has 17 nitrogen and oxygen atoms in total. The Morgan fingerprint density at radius 2 is 1.16 bits per heavy atom. The lowest BCUT2D eigenvalue weighted by Gasteiger charge is -2.24. The molecule has 2 aliphatic carbocycles. The van der Waals surface area contributed by atoms with Crippen LogP contribution in [0.1, 0.15) is 68.4 Å². The Morgan fingerprint density at radius 3 is 1.60 bits per heavy atom. The summed E-state index contributed by atoms with van der Waals surface area (Å²) in [7, 11) is 0. The van der Waals surface area contributed by atoms with Gasteiger partial charge in [-0.1, -0.05) is 24.3 Å². The Labute approximate surface area is 371 Å². The highest BCUT2D eigenvalue weighted by Gasteiger charge is 2.55. The van der Waals surface area contributed by atoms with Gasteiger partial charge in [0, 0.05) is 25.0 Å². The molecule has 4 fully saturated rings. The van der Waals surface area contributed by atoms with Crippen LogP contribution in [0.5, 0.6) is 0 Å². The van der Waals surface area contributed by atoms with Crippen molar-refractivity contribution in [3.63, 3.8) is 0 Å². The normalized spacial score (nSPS) is 26.5. The van der Waals surface area contributed by atoms with Crippen LogP contribution in [0.15, 0.2) is 48.5 Å². The van der Waals surface area contributed by atoms with E-state index in [9.17, 15) is 20.3 Å². The van der Waals surface area contributed by atoms with Crippen molar-refractivity contribution in [2.24, 2.45) is 17.6 Å². The van der Waals surface area contributed by atoms with Gasteiger partial charge in [0.05, 0.1) is 67.2 Å². The largest absolute Gasteiger partial charge is 0.396 e. The number of anilines is 2. The number of ether oxygens (including phenoxy) is 4. The summed E-state index contributed by atoms with van der Waals surface area (Å²) in [5.74, 6) is -1.19. The summed E-state index contributed by atoms with van der Waals surface area (Å²) in [4.78, 5) is 39.0. The van der Waals surface area contributed by atoms with Gasteiger partial charge in [-0.3, -0.25) is 4.79 Å². The molecule has 8 atom stereocenters. The van der Waals surface area contributed by atoms with E-state index in [2.05, 4.69) is 30.6 Å². The molecule has 2 aromatic carbocycles. The molecule has 2 aliphatic heterocycles. The van der Waals surface area contributed by atoms with Crippen LogP contribution in [0.3, 0.4) is 0 Å². The Kier molecular flexibility index (Phi) is 11.4. The zero-order valence-corrected chi connectivity index (χ0v) is 37.2. The number of nitrogens with one attached hydrogen (secondary N) is 2. The molecule has 0 radical (unpaired) electrons. The number of amides is 1. The maximum Gasteiger partial charge on any atom is 0.286 e. The van der Waals surface area contributed by atoms with Crippen LogP contribution < -0.4 is 16.4 Å². The third kappa shape index (κ3) is 8.33. The number of carbonyl (C=O) groups excluding carboxylic acids is 1. The second-order valence-corrected chi connectivity index (χ2v) is 19.2. The highest BCUT2D eigenvalue weighted by atomic mass is 32.1. The van der Waals surface area contributed by atoms with Gasteiger partial charge >= 0.3 is 0 Å². The molecule has 63 heavy (non-hydrogen) atoms. The molecule has 19 heteroatoms. The fraction of sp³-hybridized carbons (Fsp3) is 0.455. The third-order valence-electron chi connectivity index (χ3n) is 11.8. The molecule has 6 N–H and O–H groups in total. The number of aryl methyl sites for hydroxylation is 2. The van der Waals surface area contributed by atoms with Gasteiger partial charge < -0.3 is 45.5 Å². The second kappa shape index (κ2) is 16.7. The number of nitrogens with zero attached hydrogens (tertiary/aromatic N) is 7. The van der Waals surface area contributed by atoms with Crippen LogP contribution in [0, 0.1) is 37.0 Å². The smallest absolute Gasteiger partial charge is 0.286 e. The molecule has 328 valence electrons. The van der Waals surface area contributed by atoms with Crippen LogP contribution in [-0.2, 0) is 18.9 Å². The number of thiazole rings is 2. The van der Waals surface area contributed by atoms with Gasteiger partial charge in [0.2, 0.25) is 11.6 Å². The first-order valence-electron chi connectivity index (χ1n) is 20.8. The lowest BCUT2D eigenvalue weighted by molar-refractivity contribution is -0.159. The van der Waals surface area contributed by atoms with Gasteiger partial charge in [-0.15, -0.1) is 22.7 Å². The number of rotatable bonds is 9. The number of aliphatic hydroxyl groups is 2. The lowest BCUT2D eigenvalue weighted by atomic mass is 10.1. The number of aromatic nitrogens is 6. The van der Waals surface area contributed by atoms with Crippen LogP contribution in [0.2, 0.25) is 0 Å². The van der Waals surface area contributed by atoms with E-state index in [1.54, 1.807) is 11.3 Å². The van der Waals surface area contributed by atoms with Crippen LogP contribution in [0.25, 0.3) is 41.6 Å². The number of primary amides is 1. The van der Waals surface area contributed by atoms with Gasteiger partial charge in [-0.25, -0.2) is 29.9 Å². The maximum atomic E-state index is 11.9. The van der Waals surface area contributed by atoms with E-state index in [0.29, 0.717) is 35.9 Å². The molecule has 4 aliphatic rings. The number of benzene rings is 2. The molecule has 0 unspecified atom stereocenters. The Bertz CT molecular complexity index is 2690. The third-order valence-corrected chi connectivity index (χ3v) is 13.9. The van der Waals surface area contributed by atoms with Gasteiger partial charge in [0.15, 0.2) is 11.6 Å². The van der Waals surface area contributed by atoms with Crippen molar-refractivity contribution in [3.8, 4) is 27.2 Å². The zero-order chi connectivity index (χ0) is 44.4. The van der Waals surface area contributed by atoms with Gasteiger partial charge in [-0.05, 0) is 78.6 Å². The lowest BCUT2D eigenvalue weighted by Crippen LogP contribution is -2.35. The topological polar surface area (TPSA) is 246 Å². The standard InChI is InChI=1S/C22H25N5O4S.C22H23N5O3S/c1-10-15(21-26-12-6-4-5-7-14(12)32-21)19(27-20(24-10)18(23)29)25-13-8-11(9-28)16-17(13)31-22(2,3)30-16;1-11-17(21-26-13-6-4-5-7-15(13)31-21)20(27-16(9-23)24-11)25-14-8-12(10-28)18-19(14)30-22(2,3)29-18/h4-7,11,13,16-17,28H,8-9H2,1-3H3,(H2,23,29)(H,24,25,27);4-7,12,14,18-19,28H,8,10H2,1-3H3,(H,24,25,27)/t11-,13-,16-,17+;12-,14-,18-,19+/m11/s1. The first kappa shape index (κ1) is 43.0. The number of hydrogen-bond donors (Lipinski definition) is 5. The molecule has 2 saturated carbocycles. The van der Waals surface area contributed by atoms with Gasteiger partial charge in [0.1, 0.15) is 39.9 Å². The monoisotopic (exact) mass is 892 g/mol. The zero-order valence-electron chi connectivity index (χ0n) is 35.5. The molecule has 1 amide bonds.